The highest BCUT2D eigenvalue weighted by atomic mass is 16.5. The first-order chi connectivity index (χ1) is 4.34. The molecule has 0 amide bonds. The van der Waals surface area contributed by atoms with E-state index in [1.165, 1.54) is 0 Å². The molecule has 0 aromatic heterocycles. The van der Waals surface area contributed by atoms with E-state index in [1.54, 1.807) is 7.11 Å². The van der Waals surface area contributed by atoms with Gasteiger partial charge in [0.1, 0.15) is 11.9 Å². The Morgan fingerprint density at radius 2 is 2.56 bits per heavy atom. The molecular weight excluding hydrogens is 116 g/mol. The fourth-order valence-corrected chi connectivity index (χ4v) is 0.963. The Hall–Kier alpha value is -0.500. The van der Waals surface area contributed by atoms with Crippen LogP contribution in [0.4, 0.5) is 0 Å². The standard InChI is InChI=1S/C7H12O2/c1-6(8-2)7-4-3-5-9-7/h7H,1,3-5H2,2H3. The number of rotatable bonds is 2. The molecule has 0 radical (unpaired) electrons. The molecule has 2 heteroatoms. The molecule has 52 valence electrons. The van der Waals surface area contributed by atoms with Gasteiger partial charge in [0.05, 0.1) is 7.11 Å². The summed E-state index contributed by atoms with van der Waals surface area (Å²) in [6, 6.07) is 0. The summed E-state index contributed by atoms with van der Waals surface area (Å²) < 4.78 is 10.2. The van der Waals surface area contributed by atoms with Gasteiger partial charge in [-0.2, -0.15) is 0 Å². The van der Waals surface area contributed by atoms with Crippen molar-refractivity contribution >= 4 is 0 Å². The zero-order valence-electron chi connectivity index (χ0n) is 5.72. The maximum absolute atomic E-state index is 5.28. The third-order valence-corrected chi connectivity index (χ3v) is 1.55. The highest BCUT2D eigenvalue weighted by molar-refractivity contribution is 4.94. The van der Waals surface area contributed by atoms with Crippen LogP contribution in [0.2, 0.25) is 0 Å². The van der Waals surface area contributed by atoms with Crippen LogP contribution < -0.4 is 0 Å². The highest BCUT2D eigenvalue weighted by Gasteiger charge is 2.18. The minimum atomic E-state index is 0.162. The van der Waals surface area contributed by atoms with Crippen LogP contribution in [-0.2, 0) is 9.47 Å². The summed E-state index contributed by atoms with van der Waals surface area (Å²) in [4.78, 5) is 0. The van der Waals surface area contributed by atoms with Crippen LogP contribution in [0.3, 0.4) is 0 Å². The second-order valence-corrected chi connectivity index (χ2v) is 2.17. The lowest BCUT2D eigenvalue weighted by atomic mass is 10.2. The number of ether oxygens (including phenoxy) is 2. The lowest BCUT2D eigenvalue weighted by Crippen LogP contribution is -2.08. The zero-order valence-corrected chi connectivity index (χ0v) is 5.72. The molecule has 1 aliphatic rings. The molecule has 1 rings (SSSR count). The number of hydrogen-bond donors (Lipinski definition) is 0. The van der Waals surface area contributed by atoms with Gasteiger partial charge in [0.15, 0.2) is 0 Å². The van der Waals surface area contributed by atoms with Gasteiger partial charge in [-0.1, -0.05) is 6.58 Å². The third-order valence-electron chi connectivity index (χ3n) is 1.55. The maximum Gasteiger partial charge on any atom is 0.117 e. The normalized spacial score (nSPS) is 26.1. The smallest absolute Gasteiger partial charge is 0.117 e. The van der Waals surface area contributed by atoms with Crippen molar-refractivity contribution in [2.24, 2.45) is 0 Å². The van der Waals surface area contributed by atoms with Crippen molar-refractivity contribution in [1.29, 1.82) is 0 Å². The van der Waals surface area contributed by atoms with E-state index in [2.05, 4.69) is 6.58 Å². The minimum Gasteiger partial charge on any atom is -0.499 e. The summed E-state index contributed by atoms with van der Waals surface area (Å²) in [5, 5.41) is 0. The Balaban J connectivity index is 2.32. The Kier molecular flexibility index (Phi) is 2.11. The van der Waals surface area contributed by atoms with Gasteiger partial charge in [-0.25, -0.2) is 0 Å². The average Bonchev–Trinajstić information content (AvgIpc) is 2.37. The fourth-order valence-electron chi connectivity index (χ4n) is 0.963. The van der Waals surface area contributed by atoms with E-state index in [4.69, 9.17) is 9.47 Å². The molecule has 1 atom stereocenters. The lowest BCUT2D eigenvalue weighted by Gasteiger charge is -2.09. The fraction of sp³-hybridized carbons (Fsp3) is 0.714. The van der Waals surface area contributed by atoms with Crippen molar-refractivity contribution in [2.75, 3.05) is 13.7 Å². The molecule has 0 spiro atoms. The summed E-state index contributed by atoms with van der Waals surface area (Å²) in [5.41, 5.74) is 0. The molecule has 0 aliphatic carbocycles. The van der Waals surface area contributed by atoms with Gasteiger partial charge in [-0.15, -0.1) is 0 Å². The number of hydrogen-bond acceptors (Lipinski definition) is 2. The van der Waals surface area contributed by atoms with Gasteiger partial charge in [0, 0.05) is 6.61 Å². The minimum absolute atomic E-state index is 0.162. The van der Waals surface area contributed by atoms with Crippen LogP contribution in [0.25, 0.3) is 0 Å². The molecule has 0 saturated carbocycles. The first-order valence-corrected chi connectivity index (χ1v) is 3.19. The molecule has 9 heavy (non-hydrogen) atoms. The lowest BCUT2D eigenvalue weighted by molar-refractivity contribution is 0.0881. The van der Waals surface area contributed by atoms with E-state index >= 15 is 0 Å². The zero-order chi connectivity index (χ0) is 6.69. The Labute approximate surface area is 55.5 Å². The molecule has 0 N–H and O–H groups in total. The van der Waals surface area contributed by atoms with Gasteiger partial charge in [-0.3, -0.25) is 0 Å². The largest absolute Gasteiger partial charge is 0.499 e. The molecule has 1 aliphatic heterocycles. The third kappa shape index (κ3) is 1.45. The molecule has 0 aromatic carbocycles. The van der Waals surface area contributed by atoms with Gasteiger partial charge in [0.2, 0.25) is 0 Å². The number of methoxy groups -OCH3 is 1. The van der Waals surface area contributed by atoms with Crippen molar-refractivity contribution in [3.8, 4) is 0 Å². The van der Waals surface area contributed by atoms with Crippen molar-refractivity contribution in [3.05, 3.63) is 12.3 Å². The SMILES string of the molecule is C=C(OC)C1CCCO1. The van der Waals surface area contributed by atoms with Crippen LogP contribution in [0.5, 0.6) is 0 Å². The Morgan fingerprint density at radius 3 is 3.00 bits per heavy atom. The van der Waals surface area contributed by atoms with Crippen LogP contribution >= 0.6 is 0 Å². The van der Waals surface area contributed by atoms with Crippen LogP contribution in [0.15, 0.2) is 12.3 Å². The van der Waals surface area contributed by atoms with Gasteiger partial charge in [0.25, 0.3) is 0 Å². The van der Waals surface area contributed by atoms with E-state index in [0.29, 0.717) is 0 Å². The van der Waals surface area contributed by atoms with E-state index < -0.39 is 0 Å². The topological polar surface area (TPSA) is 18.5 Å². The van der Waals surface area contributed by atoms with E-state index in [-0.39, 0.29) is 6.10 Å². The molecule has 1 saturated heterocycles. The molecule has 1 fully saturated rings. The maximum atomic E-state index is 5.28. The monoisotopic (exact) mass is 128 g/mol. The molecule has 1 heterocycles. The summed E-state index contributed by atoms with van der Waals surface area (Å²) in [5.74, 6) is 0.757. The van der Waals surface area contributed by atoms with E-state index in [1.807, 2.05) is 0 Å². The van der Waals surface area contributed by atoms with E-state index in [9.17, 15) is 0 Å². The predicted molar refractivity (Wildman–Crippen MR) is 35.1 cm³/mol. The summed E-state index contributed by atoms with van der Waals surface area (Å²) >= 11 is 0. The first-order valence-electron chi connectivity index (χ1n) is 3.19. The van der Waals surface area contributed by atoms with Crippen molar-refractivity contribution in [3.63, 3.8) is 0 Å². The summed E-state index contributed by atoms with van der Waals surface area (Å²) in [6.45, 7) is 4.56. The quantitative estimate of drug-likeness (QED) is 0.522. The summed E-state index contributed by atoms with van der Waals surface area (Å²) in [7, 11) is 1.63. The summed E-state index contributed by atoms with van der Waals surface area (Å²) in [6.07, 6.45) is 2.36. The Morgan fingerprint density at radius 1 is 1.78 bits per heavy atom. The van der Waals surface area contributed by atoms with Crippen molar-refractivity contribution < 1.29 is 9.47 Å². The van der Waals surface area contributed by atoms with Crippen LogP contribution in [-0.4, -0.2) is 19.8 Å². The second-order valence-electron chi connectivity index (χ2n) is 2.17. The van der Waals surface area contributed by atoms with Gasteiger partial charge in [-0.05, 0) is 12.8 Å². The van der Waals surface area contributed by atoms with Crippen LogP contribution in [0, 0.1) is 0 Å². The molecule has 0 bridgehead atoms. The second kappa shape index (κ2) is 2.87. The molecule has 1 unspecified atom stereocenters. The highest BCUT2D eigenvalue weighted by Crippen LogP contribution is 2.18. The van der Waals surface area contributed by atoms with E-state index in [0.717, 1.165) is 25.2 Å². The molecule has 0 aromatic rings. The first kappa shape index (κ1) is 6.62. The molecule has 2 nitrogen and oxygen atoms in total. The molecular formula is C7H12O2. The predicted octanol–water partition coefficient (Wildman–Crippen LogP) is 1.33. The van der Waals surface area contributed by atoms with Gasteiger partial charge >= 0.3 is 0 Å². The van der Waals surface area contributed by atoms with Crippen molar-refractivity contribution in [1.82, 2.24) is 0 Å². The van der Waals surface area contributed by atoms with Crippen LogP contribution in [0.1, 0.15) is 12.8 Å². The Bertz CT molecular complexity index is 103. The van der Waals surface area contributed by atoms with Gasteiger partial charge < -0.3 is 9.47 Å². The average molecular weight is 128 g/mol. The van der Waals surface area contributed by atoms with Crippen molar-refractivity contribution in [2.45, 2.75) is 18.9 Å².